The molecule has 0 aliphatic carbocycles. The van der Waals surface area contributed by atoms with Crippen LogP contribution in [0.2, 0.25) is 0 Å². The number of aromatic carboxylic acids is 1. The SMILES string of the molecule is CC(C)(C)CNc1ncc2c(C(=O)O)cccc2n1. The number of benzene rings is 1. The first-order chi connectivity index (χ1) is 8.87. The molecule has 0 atom stereocenters. The Morgan fingerprint density at radius 2 is 2.11 bits per heavy atom. The molecule has 0 unspecified atom stereocenters. The van der Waals surface area contributed by atoms with Gasteiger partial charge in [0.15, 0.2) is 0 Å². The average Bonchev–Trinajstić information content (AvgIpc) is 2.34. The lowest BCUT2D eigenvalue weighted by atomic mass is 9.97. The van der Waals surface area contributed by atoms with Gasteiger partial charge in [-0.25, -0.2) is 14.8 Å². The van der Waals surface area contributed by atoms with Crippen LogP contribution in [0.1, 0.15) is 31.1 Å². The van der Waals surface area contributed by atoms with Gasteiger partial charge < -0.3 is 10.4 Å². The van der Waals surface area contributed by atoms with Crippen molar-refractivity contribution in [3.8, 4) is 0 Å². The van der Waals surface area contributed by atoms with Gasteiger partial charge in [-0.15, -0.1) is 0 Å². The van der Waals surface area contributed by atoms with E-state index in [1.54, 1.807) is 24.4 Å². The third-order valence-corrected chi connectivity index (χ3v) is 2.63. The lowest BCUT2D eigenvalue weighted by Gasteiger charge is -2.18. The molecule has 0 saturated heterocycles. The van der Waals surface area contributed by atoms with Crippen LogP contribution in [-0.2, 0) is 0 Å². The van der Waals surface area contributed by atoms with E-state index in [1.165, 1.54) is 0 Å². The first kappa shape index (κ1) is 13.3. The Kier molecular flexibility index (Phi) is 3.38. The second-order valence-electron chi connectivity index (χ2n) is 5.65. The highest BCUT2D eigenvalue weighted by Gasteiger charge is 2.12. The molecule has 0 saturated carbocycles. The quantitative estimate of drug-likeness (QED) is 0.886. The van der Waals surface area contributed by atoms with Gasteiger partial charge in [-0.2, -0.15) is 0 Å². The third-order valence-electron chi connectivity index (χ3n) is 2.63. The molecule has 100 valence electrons. The number of anilines is 1. The summed E-state index contributed by atoms with van der Waals surface area (Å²) in [5, 5.41) is 12.8. The molecule has 2 rings (SSSR count). The molecule has 1 heterocycles. The lowest BCUT2D eigenvalue weighted by molar-refractivity contribution is 0.0699. The molecule has 5 nitrogen and oxygen atoms in total. The summed E-state index contributed by atoms with van der Waals surface area (Å²) in [5.74, 6) is -0.449. The number of carboxylic acids is 1. The number of carboxylic acid groups (broad SMARTS) is 1. The zero-order valence-corrected chi connectivity index (χ0v) is 11.3. The second-order valence-corrected chi connectivity index (χ2v) is 5.65. The van der Waals surface area contributed by atoms with Crippen molar-refractivity contribution < 1.29 is 9.90 Å². The summed E-state index contributed by atoms with van der Waals surface area (Å²) in [6.45, 7) is 7.09. The zero-order valence-electron chi connectivity index (χ0n) is 11.3. The average molecular weight is 259 g/mol. The van der Waals surface area contributed by atoms with Crippen LogP contribution in [0.3, 0.4) is 0 Å². The first-order valence-corrected chi connectivity index (χ1v) is 6.10. The predicted molar refractivity (Wildman–Crippen MR) is 74.4 cm³/mol. The molecule has 19 heavy (non-hydrogen) atoms. The van der Waals surface area contributed by atoms with Gasteiger partial charge in [-0.1, -0.05) is 26.8 Å². The largest absolute Gasteiger partial charge is 0.478 e. The monoisotopic (exact) mass is 259 g/mol. The van der Waals surface area contributed by atoms with E-state index in [4.69, 9.17) is 5.11 Å². The van der Waals surface area contributed by atoms with Crippen molar-refractivity contribution in [1.82, 2.24) is 9.97 Å². The van der Waals surface area contributed by atoms with Crippen molar-refractivity contribution >= 4 is 22.8 Å². The highest BCUT2D eigenvalue weighted by Crippen LogP contribution is 2.19. The van der Waals surface area contributed by atoms with Crippen LogP contribution < -0.4 is 5.32 Å². The van der Waals surface area contributed by atoms with E-state index in [0.29, 0.717) is 16.9 Å². The van der Waals surface area contributed by atoms with Crippen LogP contribution in [0, 0.1) is 5.41 Å². The zero-order chi connectivity index (χ0) is 14.0. The minimum absolute atomic E-state index is 0.126. The summed E-state index contributed by atoms with van der Waals surface area (Å²) >= 11 is 0. The molecule has 0 radical (unpaired) electrons. The van der Waals surface area contributed by atoms with Gasteiger partial charge in [0, 0.05) is 18.1 Å². The summed E-state index contributed by atoms with van der Waals surface area (Å²) in [6.07, 6.45) is 1.55. The first-order valence-electron chi connectivity index (χ1n) is 6.10. The van der Waals surface area contributed by atoms with Crippen LogP contribution in [0.15, 0.2) is 24.4 Å². The molecule has 0 spiro atoms. The molecular weight excluding hydrogens is 242 g/mol. The number of hydrogen-bond acceptors (Lipinski definition) is 4. The molecule has 0 aliphatic heterocycles. The van der Waals surface area contributed by atoms with Crippen LogP contribution in [-0.4, -0.2) is 27.6 Å². The van der Waals surface area contributed by atoms with Crippen molar-refractivity contribution in [2.24, 2.45) is 5.41 Å². The van der Waals surface area contributed by atoms with Crippen LogP contribution >= 0.6 is 0 Å². The molecule has 1 aromatic heterocycles. The topological polar surface area (TPSA) is 75.1 Å². The van der Waals surface area contributed by atoms with Gasteiger partial charge in [0.05, 0.1) is 11.1 Å². The lowest BCUT2D eigenvalue weighted by Crippen LogP contribution is -2.20. The number of aromatic nitrogens is 2. The molecule has 0 fully saturated rings. The molecule has 0 bridgehead atoms. The molecule has 0 aliphatic rings. The summed E-state index contributed by atoms with van der Waals surface area (Å²) in [5.41, 5.74) is 0.979. The fourth-order valence-corrected chi connectivity index (χ4v) is 1.67. The Bertz CT molecular complexity index is 618. The third kappa shape index (κ3) is 3.19. The van der Waals surface area contributed by atoms with Crippen molar-refractivity contribution in [2.45, 2.75) is 20.8 Å². The standard InChI is InChI=1S/C14H17N3O2/c1-14(2,3)8-16-13-15-7-10-9(12(18)19)5-4-6-11(10)17-13/h4-7H,8H2,1-3H3,(H,18,19)(H,15,16,17). The number of nitrogens with one attached hydrogen (secondary N) is 1. The summed E-state index contributed by atoms with van der Waals surface area (Å²) < 4.78 is 0. The predicted octanol–water partition coefficient (Wildman–Crippen LogP) is 2.79. The summed E-state index contributed by atoms with van der Waals surface area (Å²) in [4.78, 5) is 19.6. The van der Waals surface area contributed by atoms with Crippen LogP contribution in [0.5, 0.6) is 0 Å². The van der Waals surface area contributed by atoms with Gasteiger partial charge in [0.2, 0.25) is 5.95 Å². The maximum absolute atomic E-state index is 11.1. The van der Waals surface area contributed by atoms with Crippen LogP contribution in [0.4, 0.5) is 5.95 Å². The highest BCUT2D eigenvalue weighted by atomic mass is 16.4. The van der Waals surface area contributed by atoms with Gasteiger partial charge in [0.25, 0.3) is 0 Å². The number of nitrogens with zero attached hydrogens (tertiary/aromatic N) is 2. The second kappa shape index (κ2) is 4.84. The maximum atomic E-state index is 11.1. The molecule has 5 heteroatoms. The Morgan fingerprint density at radius 1 is 1.37 bits per heavy atom. The molecule has 0 amide bonds. The van der Waals surface area contributed by atoms with Crippen molar-refractivity contribution in [3.05, 3.63) is 30.0 Å². The number of fused-ring (bicyclic) bond motifs is 1. The minimum atomic E-state index is -0.968. The maximum Gasteiger partial charge on any atom is 0.336 e. The van der Waals surface area contributed by atoms with Crippen molar-refractivity contribution in [3.63, 3.8) is 0 Å². The van der Waals surface area contributed by atoms with Crippen molar-refractivity contribution in [2.75, 3.05) is 11.9 Å². The highest BCUT2D eigenvalue weighted by molar-refractivity contribution is 6.02. The Labute approximate surface area is 111 Å². The fraction of sp³-hybridized carbons (Fsp3) is 0.357. The van der Waals surface area contributed by atoms with E-state index < -0.39 is 5.97 Å². The number of carbonyl (C=O) groups is 1. The van der Waals surface area contributed by atoms with Crippen LogP contribution in [0.25, 0.3) is 10.9 Å². The van der Waals surface area contributed by atoms with Gasteiger partial charge in [-0.05, 0) is 17.5 Å². The smallest absolute Gasteiger partial charge is 0.336 e. The number of rotatable bonds is 3. The van der Waals surface area contributed by atoms with Gasteiger partial charge in [0.1, 0.15) is 0 Å². The Balaban J connectivity index is 2.34. The van der Waals surface area contributed by atoms with E-state index in [-0.39, 0.29) is 11.0 Å². The number of hydrogen-bond donors (Lipinski definition) is 2. The van der Waals surface area contributed by atoms with E-state index >= 15 is 0 Å². The Morgan fingerprint density at radius 3 is 2.74 bits per heavy atom. The van der Waals surface area contributed by atoms with E-state index in [0.717, 1.165) is 6.54 Å². The summed E-state index contributed by atoms with van der Waals surface area (Å²) in [6, 6.07) is 5.02. The normalized spacial score (nSPS) is 11.5. The molecule has 1 aromatic carbocycles. The summed E-state index contributed by atoms with van der Waals surface area (Å²) in [7, 11) is 0. The van der Waals surface area contributed by atoms with E-state index in [1.807, 2.05) is 0 Å². The molecule has 2 aromatic rings. The Hall–Kier alpha value is -2.17. The van der Waals surface area contributed by atoms with Crippen molar-refractivity contribution in [1.29, 1.82) is 0 Å². The minimum Gasteiger partial charge on any atom is -0.478 e. The van der Waals surface area contributed by atoms with Gasteiger partial charge in [-0.3, -0.25) is 0 Å². The van der Waals surface area contributed by atoms with Gasteiger partial charge >= 0.3 is 5.97 Å². The molecular formula is C14H17N3O2. The molecule has 2 N–H and O–H groups in total. The van der Waals surface area contributed by atoms with E-state index in [9.17, 15) is 4.79 Å². The van der Waals surface area contributed by atoms with E-state index in [2.05, 4.69) is 36.1 Å². The fourth-order valence-electron chi connectivity index (χ4n) is 1.67.